The first kappa shape index (κ1) is 18.7. The van der Waals surface area contributed by atoms with Crippen molar-refractivity contribution in [3.05, 3.63) is 29.8 Å². The van der Waals surface area contributed by atoms with Crippen molar-refractivity contribution in [1.29, 1.82) is 0 Å². The summed E-state index contributed by atoms with van der Waals surface area (Å²) in [6, 6.07) is 7.65. The van der Waals surface area contributed by atoms with Crippen molar-refractivity contribution in [3.63, 3.8) is 0 Å². The molecule has 0 radical (unpaired) electrons. The molecule has 0 atom stereocenters. The van der Waals surface area contributed by atoms with E-state index in [-0.39, 0.29) is 12.6 Å². The largest absolute Gasteiger partial charge is 0.394 e. The first-order valence-electron chi connectivity index (χ1n) is 8.58. The molecule has 0 aliphatic carbocycles. The number of nitrogens with zero attached hydrogens (tertiary/aromatic N) is 2. The number of nitrogens with one attached hydrogen (secondary N) is 2. The Balaban J connectivity index is 1.77. The number of rotatable bonds is 6. The van der Waals surface area contributed by atoms with E-state index in [0.29, 0.717) is 0 Å². The zero-order valence-corrected chi connectivity index (χ0v) is 15.0. The lowest BCUT2D eigenvalue weighted by molar-refractivity contribution is 0.155. The van der Waals surface area contributed by atoms with Crippen LogP contribution in [0, 0.1) is 0 Å². The maximum absolute atomic E-state index is 11.9. The van der Waals surface area contributed by atoms with Crippen LogP contribution in [-0.2, 0) is 6.42 Å². The Hall–Kier alpha value is -1.63. The average Bonchev–Trinajstić information content (AvgIpc) is 2.55. The highest BCUT2D eigenvalue weighted by Gasteiger charge is 2.19. The number of hydrogen-bond acceptors (Lipinski definition) is 4. The second-order valence-corrected chi connectivity index (χ2v) is 7.21. The Labute approximate surface area is 144 Å². The second kappa shape index (κ2) is 8.46. The van der Waals surface area contributed by atoms with Crippen molar-refractivity contribution in [3.8, 4) is 0 Å². The third-order valence-electron chi connectivity index (χ3n) is 4.37. The van der Waals surface area contributed by atoms with E-state index in [9.17, 15) is 9.90 Å². The van der Waals surface area contributed by atoms with Crippen molar-refractivity contribution < 1.29 is 9.90 Å². The van der Waals surface area contributed by atoms with Gasteiger partial charge >= 0.3 is 6.03 Å². The molecule has 1 aromatic carbocycles. The topological polar surface area (TPSA) is 67.8 Å². The Bertz CT molecular complexity index is 522. The fourth-order valence-electron chi connectivity index (χ4n) is 2.62. The summed E-state index contributed by atoms with van der Waals surface area (Å²) in [5.41, 5.74) is 1.40. The van der Waals surface area contributed by atoms with Gasteiger partial charge in [0.15, 0.2) is 0 Å². The quantitative estimate of drug-likeness (QED) is 0.735. The molecule has 1 aromatic rings. The third-order valence-corrected chi connectivity index (χ3v) is 4.37. The summed E-state index contributed by atoms with van der Waals surface area (Å²) in [6.45, 7) is 9.07. The summed E-state index contributed by atoms with van der Waals surface area (Å²) in [7, 11) is 2.17. The zero-order valence-electron chi connectivity index (χ0n) is 15.0. The highest BCUT2D eigenvalue weighted by molar-refractivity contribution is 5.89. The molecule has 0 aromatic heterocycles. The minimum Gasteiger partial charge on any atom is -0.394 e. The van der Waals surface area contributed by atoms with Crippen LogP contribution in [0.5, 0.6) is 0 Å². The number of amides is 2. The van der Waals surface area contributed by atoms with Crippen LogP contribution < -0.4 is 10.6 Å². The van der Waals surface area contributed by atoms with E-state index in [1.165, 1.54) is 5.56 Å². The van der Waals surface area contributed by atoms with E-state index in [1.807, 2.05) is 12.1 Å². The monoisotopic (exact) mass is 334 g/mol. The summed E-state index contributed by atoms with van der Waals surface area (Å²) >= 11 is 0. The normalized spacial score (nSPS) is 16.8. The lowest BCUT2D eigenvalue weighted by atomic mass is 10.1. The van der Waals surface area contributed by atoms with Crippen LogP contribution in [0.15, 0.2) is 24.3 Å². The number of aliphatic hydroxyl groups is 1. The highest BCUT2D eigenvalue weighted by atomic mass is 16.3. The van der Waals surface area contributed by atoms with Crippen molar-refractivity contribution in [2.24, 2.45) is 0 Å². The highest BCUT2D eigenvalue weighted by Crippen LogP contribution is 2.11. The summed E-state index contributed by atoms with van der Waals surface area (Å²) in [5, 5.41) is 14.7. The predicted octanol–water partition coefficient (Wildman–Crippen LogP) is 1.37. The molecule has 1 aliphatic rings. The molecule has 0 spiro atoms. The van der Waals surface area contributed by atoms with Crippen LogP contribution in [-0.4, -0.2) is 72.9 Å². The van der Waals surface area contributed by atoms with Crippen LogP contribution in [0.2, 0.25) is 0 Å². The van der Waals surface area contributed by atoms with E-state index >= 15 is 0 Å². The molecular weight excluding hydrogens is 304 g/mol. The van der Waals surface area contributed by atoms with Crippen LogP contribution >= 0.6 is 0 Å². The Morgan fingerprint density at radius 1 is 1.17 bits per heavy atom. The molecule has 134 valence electrons. The average molecular weight is 334 g/mol. The van der Waals surface area contributed by atoms with Gasteiger partial charge < -0.3 is 25.5 Å². The molecule has 6 heteroatoms. The van der Waals surface area contributed by atoms with Gasteiger partial charge in [0.25, 0.3) is 0 Å². The first-order chi connectivity index (χ1) is 11.4. The molecule has 6 nitrogen and oxygen atoms in total. The van der Waals surface area contributed by atoms with E-state index < -0.39 is 5.54 Å². The van der Waals surface area contributed by atoms with Crippen molar-refractivity contribution in [2.75, 3.05) is 51.7 Å². The van der Waals surface area contributed by atoms with Crippen molar-refractivity contribution in [1.82, 2.24) is 15.1 Å². The van der Waals surface area contributed by atoms with E-state index in [1.54, 1.807) is 13.8 Å². The van der Waals surface area contributed by atoms with Gasteiger partial charge in [0.1, 0.15) is 0 Å². The molecule has 24 heavy (non-hydrogen) atoms. The van der Waals surface area contributed by atoms with Gasteiger partial charge in [-0.3, -0.25) is 0 Å². The maximum atomic E-state index is 11.9. The molecular formula is C18H30N4O2. The van der Waals surface area contributed by atoms with Gasteiger partial charge in [-0.05, 0) is 45.0 Å². The van der Waals surface area contributed by atoms with Gasteiger partial charge in [-0.2, -0.15) is 0 Å². The van der Waals surface area contributed by atoms with Gasteiger partial charge in [0, 0.05) is 38.4 Å². The number of piperazine rings is 1. The van der Waals surface area contributed by atoms with Gasteiger partial charge in [0.05, 0.1) is 12.1 Å². The molecule has 2 amide bonds. The fourth-order valence-corrected chi connectivity index (χ4v) is 2.62. The molecule has 1 saturated heterocycles. The number of carbonyl (C=O) groups excluding carboxylic acids is 1. The molecule has 1 fully saturated rings. The SMILES string of the molecule is CN1CCN(CCc2ccc(NC(=O)NC(C)(C)CO)cc2)CC1. The zero-order chi connectivity index (χ0) is 17.6. The fraction of sp³-hybridized carbons (Fsp3) is 0.611. The molecule has 3 N–H and O–H groups in total. The minimum atomic E-state index is -0.632. The number of likely N-dealkylation sites (N-methyl/N-ethyl adjacent to an activating group) is 1. The number of benzene rings is 1. The van der Waals surface area contributed by atoms with Gasteiger partial charge in [-0.15, -0.1) is 0 Å². The summed E-state index contributed by atoms with van der Waals surface area (Å²) in [4.78, 5) is 16.7. The van der Waals surface area contributed by atoms with Crippen molar-refractivity contribution in [2.45, 2.75) is 25.8 Å². The number of urea groups is 1. The Morgan fingerprint density at radius 2 is 1.79 bits per heavy atom. The van der Waals surface area contributed by atoms with Crippen molar-refractivity contribution >= 4 is 11.7 Å². The minimum absolute atomic E-state index is 0.106. The summed E-state index contributed by atoms with van der Waals surface area (Å²) < 4.78 is 0. The van der Waals surface area contributed by atoms with Gasteiger partial charge in [0.2, 0.25) is 0 Å². The number of aliphatic hydroxyl groups excluding tert-OH is 1. The Kier molecular flexibility index (Phi) is 6.60. The van der Waals surface area contributed by atoms with E-state index in [4.69, 9.17) is 0 Å². The molecule has 1 heterocycles. The lowest BCUT2D eigenvalue weighted by Gasteiger charge is -2.32. The predicted molar refractivity (Wildman–Crippen MR) is 97.4 cm³/mol. The molecule has 0 unspecified atom stereocenters. The third kappa shape index (κ3) is 6.11. The van der Waals surface area contributed by atoms with Crippen LogP contribution in [0.4, 0.5) is 10.5 Å². The molecule has 2 rings (SSSR count). The van der Waals surface area contributed by atoms with Gasteiger partial charge in [-0.1, -0.05) is 12.1 Å². The number of anilines is 1. The maximum Gasteiger partial charge on any atom is 0.319 e. The van der Waals surface area contributed by atoms with E-state index in [0.717, 1.165) is 44.8 Å². The van der Waals surface area contributed by atoms with Crippen LogP contribution in [0.1, 0.15) is 19.4 Å². The lowest BCUT2D eigenvalue weighted by Crippen LogP contribution is -2.48. The molecule has 1 aliphatic heterocycles. The second-order valence-electron chi connectivity index (χ2n) is 7.21. The van der Waals surface area contributed by atoms with Gasteiger partial charge in [-0.25, -0.2) is 4.79 Å². The number of hydrogen-bond donors (Lipinski definition) is 3. The van der Waals surface area contributed by atoms with Crippen LogP contribution in [0.25, 0.3) is 0 Å². The Morgan fingerprint density at radius 3 is 2.38 bits per heavy atom. The molecule has 0 saturated carbocycles. The molecule has 0 bridgehead atoms. The first-order valence-corrected chi connectivity index (χ1v) is 8.58. The summed E-state index contributed by atoms with van der Waals surface area (Å²) in [5.74, 6) is 0. The van der Waals surface area contributed by atoms with E-state index in [2.05, 4.69) is 39.6 Å². The number of carbonyl (C=O) groups is 1. The smallest absolute Gasteiger partial charge is 0.319 e. The standard InChI is InChI=1S/C18H30N4O2/c1-18(2,14-23)20-17(24)19-16-6-4-15(5-7-16)8-9-22-12-10-21(3)11-13-22/h4-7,23H,8-14H2,1-3H3,(H2,19,20,24). The van der Waals surface area contributed by atoms with Crippen LogP contribution in [0.3, 0.4) is 0 Å². The summed E-state index contributed by atoms with van der Waals surface area (Å²) in [6.07, 6.45) is 1.02.